The van der Waals surface area contributed by atoms with Gasteiger partial charge >= 0.3 is 0 Å². The maximum atomic E-state index is 12.5. The third-order valence-corrected chi connectivity index (χ3v) is 4.25. The van der Waals surface area contributed by atoms with Crippen molar-refractivity contribution in [2.45, 2.75) is 19.0 Å². The molecular formula is C19H18N6O. The molecule has 4 rings (SSSR count). The van der Waals surface area contributed by atoms with E-state index < -0.39 is 0 Å². The fourth-order valence-electron chi connectivity index (χ4n) is 2.93. The van der Waals surface area contributed by atoms with Gasteiger partial charge in [0.15, 0.2) is 0 Å². The summed E-state index contributed by atoms with van der Waals surface area (Å²) >= 11 is 0. The van der Waals surface area contributed by atoms with Crippen LogP contribution in [0.25, 0.3) is 11.0 Å². The van der Waals surface area contributed by atoms with Gasteiger partial charge in [-0.25, -0.2) is 9.97 Å². The molecule has 1 unspecified atom stereocenters. The second-order valence-corrected chi connectivity index (χ2v) is 6.00. The first kappa shape index (κ1) is 16.0. The molecule has 0 aliphatic rings. The van der Waals surface area contributed by atoms with Gasteiger partial charge in [-0.05, 0) is 23.3 Å². The minimum Gasteiger partial charge on any atom is -0.345 e. The van der Waals surface area contributed by atoms with Gasteiger partial charge in [-0.3, -0.25) is 9.48 Å². The van der Waals surface area contributed by atoms with E-state index in [-0.39, 0.29) is 11.9 Å². The number of carbonyl (C=O) groups is 1. The third kappa shape index (κ3) is 3.46. The van der Waals surface area contributed by atoms with Crippen molar-refractivity contribution in [1.82, 2.24) is 30.0 Å². The average Bonchev–Trinajstić information content (AvgIpc) is 3.36. The number of amides is 1. The second-order valence-electron chi connectivity index (χ2n) is 6.00. The Hall–Kier alpha value is -3.48. The van der Waals surface area contributed by atoms with E-state index in [4.69, 9.17) is 0 Å². The molecule has 130 valence electrons. The van der Waals surface area contributed by atoms with Gasteiger partial charge in [-0.2, -0.15) is 5.10 Å². The number of nitrogens with zero attached hydrogens (tertiary/aromatic N) is 4. The molecule has 0 aliphatic heterocycles. The van der Waals surface area contributed by atoms with Crippen LogP contribution in [0.5, 0.6) is 0 Å². The van der Waals surface area contributed by atoms with Crippen molar-refractivity contribution < 1.29 is 4.79 Å². The fraction of sp³-hybridized carbons (Fsp3) is 0.158. The van der Waals surface area contributed by atoms with E-state index in [1.54, 1.807) is 17.3 Å². The Balaban J connectivity index is 1.57. The zero-order valence-electron chi connectivity index (χ0n) is 14.0. The summed E-state index contributed by atoms with van der Waals surface area (Å²) in [5.41, 5.74) is 3.88. The molecule has 0 radical (unpaired) electrons. The fourth-order valence-corrected chi connectivity index (χ4v) is 2.93. The molecule has 2 aromatic carbocycles. The number of benzene rings is 2. The number of nitrogens with one attached hydrogen (secondary N) is 2. The van der Waals surface area contributed by atoms with Crippen molar-refractivity contribution in [3.63, 3.8) is 0 Å². The summed E-state index contributed by atoms with van der Waals surface area (Å²) < 4.78 is 1.65. The molecule has 2 N–H and O–H groups in total. The SMILES string of the molecule is O=C(CCn1cncn1)NC(c1ccccc1)c1ccc2nc[nH]c2c1. The molecule has 0 saturated carbocycles. The van der Waals surface area contributed by atoms with E-state index in [0.717, 1.165) is 22.2 Å². The maximum Gasteiger partial charge on any atom is 0.222 e. The smallest absolute Gasteiger partial charge is 0.222 e. The molecular weight excluding hydrogens is 328 g/mol. The van der Waals surface area contributed by atoms with Crippen molar-refractivity contribution in [2.24, 2.45) is 0 Å². The number of fused-ring (bicyclic) bond motifs is 1. The van der Waals surface area contributed by atoms with Crippen LogP contribution in [0.15, 0.2) is 67.5 Å². The lowest BCUT2D eigenvalue weighted by atomic mass is 9.98. The molecule has 1 amide bonds. The summed E-state index contributed by atoms with van der Waals surface area (Å²) in [7, 11) is 0. The number of hydrogen-bond acceptors (Lipinski definition) is 4. The predicted molar refractivity (Wildman–Crippen MR) is 97.2 cm³/mol. The van der Waals surface area contributed by atoms with Crippen molar-refractivity contribution in [1.29, 1.82) is 0 Å². The van der Waals surface area contributed by atoms with Gasteiger partial charge in [-0.1, -0.05) is 36.4 Å². The molecule has 26 heavy (non-hydrogen) atoms. The highest BCUT2D eigenvalue weighted by atomic mass is 16.1. The molecule has 7 nitrogen and oxygen atoms in total. The largest absolute Gasteiger partial charge is 0.345 e. The summed E-state index contributed by atoms with van der Waals surface area (Å²) in [5.74, 6) is -0.0425. The van der Waals surface area contributed by atoms with Crippen LogP contribution in [0, 0.1) is 0 Å². The molecule has 0 saturated heterocycles. The number of H-pyrrole nitrogens is 1. The Kier molecular flexibility index (Phi) is 4.42. The second kappa shape index (κ2) is 7.18. The first-order valence-electron chi connectivity index (χ1n) is 8.39. The highest BCUT2D eigenvalue weighted by Crippen LogP contribution is 2.24. The third-order valence-electron chi connectivity index (χ3n) is 4.25. The molecule has 1 atom stereocenters. The Morgan fingerprint density at radius 1 is 1.15 bits per heavy atom. The van der Waals surface area contributed by atoms with Crippen molar-refractivity contribution in [3.8, 4) is 0 Å². The number of imidazole rings is 1. The monoisotopic (exact) mass is 346 g/mol. The summed E-state index contributed by atoms with van der Waals surface area (Å²) in [4.78, 5) is 23.8. The lowest BCUT2D eigenvalue weighted by molar-refractivity contribution is -0.121. The maximum absolute atomic E-state index is 12.5. The Morgan fingerprint density at radius 3 is 2.85 bits per heavy atom. The van der Waals surface area contributed by atoms with E-state index in [1.807, 2.05) is 48.5 Å². The zero-order valence-corrected chi connectivity index (χ0v) is 14.0. The summed E-state index contributed by atoms with van der Waals surface area (Å²) in [5, 5.41) is 7.16. The minimum atomic E-state index is -0.229. The number of hydrogen-bond donors (Lipinski definition) is 2. The van der Waals surface area contributed by atoms with Crippen molar-refractivity contribution >= 4 is 16.9 Å². The Bertz CT molecular complexity index is 993. The van der Waals surface area contributed by atoms with Gasteiger partial charge in [-0.15, -0.1) is 0 Å². The molecule has 2 heterocycles. The number of aryl methyl sites for hydroxylation is 1. The predicted octanol–water partition coefficient (Wildman–Crippen LogP) is 2.45. The van der Waals surface area contributed by atoms with Gasteiger partial charge in [0.25, 0.3) is 0 Å². The van der Waals surface area contributed by atoms with Gasteiger partial charge in [0, 0.05) is 6.42 Å². The number of carbonyl (C=O) groups excluding carboxylic acids is 1. The molecule has 4 aromatic rings. The standard InChI is InChI=1S/C19H18N6O/c26-18(8-9-25-13-20-11-23-25)24-19(14-4-2-1-3-5-14)15-6-7-16-17(10-15)22-12-21-16/h1-7,10-13,19H,8-9H2,(H,21,22)(H,24,26). The molecule has 0 spiro atoms. The molecule has 7 heteroatoms. The van der Waals surface area contributed by atoms with Crippen molar-refractivity contribution in [2.75, 3.05) is 0 Å². The number of aromatic nitrogens is 5. The molecule has 2 aromatic heterocycles. The normalized spacial score (nSPS) is 12.2. The van der Waals surface area contributed by atoms with E-state index in [2.05, 4.69) is 25.4 Å². The Labute approximate surface area is 150 Å². The molecule has 0 bridgehead atoms. The summed E-state index contributed by atoms with van der Waals surface area (Å²) in [6, 6.07) is 15.7. The zero-order chi connectivity index (χ0) is 17.8. The lowest BCUT2D eigenvalue weighted by Crippen LogP contribution is -2.30. The molecule has 0 aliphatic carbocycles. The quantitative estimate of drug-likeness (QED) is 0.561. The molecule has 0 fully saturated rings. The highest BCUT2D eigenvalue weighted by molar-refractivity contribution is 5.78. The van der Waals surface area contributed by atoms with Crippen LogP contribution in [0.2, 0.25) is 0 Å². The van der Waals surface area contributed by atoms with E-state index in [9.17, 15) is 4.79 Å². The first-order valence-corrected chi connectivity index (χ1v) is 8.39. The lowest BCUT2D eigenvalue weighted by Gasteiger charge is -2.20. The van der Waals surface area contributed by atoms with Crippen LogP contribution in [-0.4, -0.2) is 30.6 Å². The van der Waals surface area contributed by atoms with Crippen LogP contribution < -0.4 is 5.32 Å². The van der Waals surface area contributed by atoms with E-state index in [0.29, 0.717) is 13.0 Å². The van der Waals surface area contributed by atoms with Gasteiger partial charge in [0.05, 0.1) is 29.9 Å². The van der Waals surface area contributed by atoms with Crippen molar-refractivity contribution in [3.05, 3.63) is 78.6 Å². The Morgan fingerprint density at radius 2 is 2.04 bits per heavy atom. The van der Waals surface area contributed by atoms with E-state index in [1.165, 1.54) is 6.33 Å². The average molecular weight is 346 g/mol. The minimum absolute atomic E-state index is 0.0425. The van der Waals surface area contributed by atoms with Crippen LogP contribution in [0.1, 0.15) is 23.6 Å². The highest BCUT2D eigenvalue weighted by Gasteiger charge is 2.17. The van der Waals surface area contributed by atoms with Crippen LogP contribution in [-0.2, 0) is 11.3 Å². The van der Waals surface area contributed by atoms with Crippen LogP contribution in [0.3, 0.4) is 0 Å². The number of rotatable bonds is 6. The van der Waals surface area contributed by atoms with Gasteiger partial charge < -0.3 is 10.3 Å². The first-order chi connectivity index (χ1) is 12.8. The van der Waals surface area contributed by atoms with Crippen LogP contribution in [0.4, 0.5) is 0 Å². The van der Waals surface area contributed by atoms with E-state index >= 15 is 0 Å². The number of aromatic amines is 1. The van der Waals surface area contributed by atoms with Crippen LogP contribution >= 0.6 is 0 Å². The van der Waals surface area contributed by atoms with Gasteiger partial charge in [0.1, 0.15) is 12.7 Å². The topological polar surface area (TPSA) is 88.5 Å². The van der Waals surface area contributed by atoms with Gasteiger partial charge in [0.2, 0.25) is 5.91 Å². The summed E-state index contributed by atoms with van der Waals surface area (Å²) in [6.45, 7) is 0.493. The summed E-state index contributed by atoms with van der Waals surface area (Å²) in [6.07, 6.45) is 5.07.